The Morgan fingerprint density at radius 2 is 1.38 bits per heavy atom. The van der Waals surface area contributed by atoms with Gasteiger partial charge in [0.2, 0.25) is 0 Å². The van der Waals surface area contributed by atoms with E-state index in [1.807, 2.05) is 0 Å². The molecule has 0 aliphatic heterocycles. The summed E-state index contributed by atoms with van der Waals surface area (Å²) < 4.78 is 34.1. The van der Waals surface area contributed by atoms with Gasteiger partial charge in [0.1, 0.15) is 0 Å². The zero-order valence-electron chi connectivity index (χ0n) is 14.2. The Hall–Kier alpha value is 0.0869. The molecule has 2 fully saturated rings. The lowest BCUT2D eigenvalue weighted by Gasteiger charge is -2.38. The van der Waals surface area contributed by atoms with E-state index in [-0.39, 0.29) is 11.1 Å². The van der Waals surface area contributed by atoms with Gasteiger partial charge in [-0.25, -0.2) is 0 Å². The quantitative estimate of drug-likeness (QED) is 0.583. The summed E-state index contributed by atoms with van der Waals surface area (Å²) in [5.74, 6) is 1.15. The van der Waals surface area contributed by atoms with Gasteiger partial charge in [-0.2, -0.15) is 8.42 Å². The molecular formula is C15H30O4SSi. The molecular weight excluding hydrogens is 304 g/mol. The van der Waals surface area contributed by atoms with Crippen LogP contribution < -0.4 is 0 Å². The maximum absolute atomic E-state index is 11.2. The molecule has 4 nitrogen and oxygen atoms in total. The van der Waals surface area contributed by atoms with Crippen molar-refractivity contribution in [3.63, 3.8) is 0 Å². The molecule has 0 N–H and O–H groups in total. The lowest BCUT2D eigenvalue weighted by molar-refractivity contribution is 0.157. The summed E-state index contributed by atoms with van der Waals surface area (Å²) in [5, 5.41) is 0.243. The van der Waals surface area contributed by atoms with Crippen molar-refractivity contribution in [3.05, 3.63) is 0 Å². The second-order valence-electron chi connectivity index (χ2n) is 8.39. The molecule has 0 radical (unpaired) electrons. The van der Waals surface area contributed by atoms with Crippen LogP contribution >= 0.6 is 0 Å². The van der Waals surface area contributed by atoms with Crippen LogP contribution in [0.1, 0.15) is 46.5 Å². The van der Waals surface area contributed by atoms with Gasteiger partial charge in [0.25, 0.3) is 10.1 Å². The normalized spacial score (nSPS) is 34.2. The van der Waals surface area contributed by atoms with Crippen LogP contribution in [0, 0.1) is 11.8 Å². The summed E-state index contributed by atoms with van der Waals surface area (Å²) in [4.78, 5) is 0. The number of fused-ring (bicyclic) bond motifs is 1. The van der Waals surface area contributed by atoms with E-state index >= 15 is 0 Å². The highest BCUT2D eigenvalue weighted by Gasteiger charge is 2.46. The monoisotopic (exact) mass is 334 g/mol. The zero-order valence-corrected chi connectivity index (χ0v) is 16.0. The minimum atomic E-state index is -3.32. The van der Waals surface area contributed by atoms with E-state index in [9.17, 15) is 8.42 Å². The maximum atomic E-state index is 11.2. The lowest BCUT2D eigenvalue weighted by Crippen LogP contribution is -2.43. The molecule has 124 valence electrons. The first kappa shape index (κ1) is 17.4. The lowest BCUT2D eigenvalue weighted by atomic mass is 10.0. The van der Waals surface area contributed by atoms with Crippen molar-refractivity contribution in [2.75, 3.05) is 6.26 Å². The van der Waals surface area contributed by atoms with E-state index in [0.29, 0.717) is 17.9 Å². The van der Waals surface area contributed by atoms with E-state index in [0.717, 1.165) is 31.9 Å². The molecule has 2 aliphatic rings. The van der Waals surface area contributed by atoms with E-state index in [4.69, 9.17) is 8.61 Å². The fraction of sp³-hybridized carbons (Fsp3) is 1.00. The zero-order chi connectivity index (χ0) is 16.1. The SMILES string of the molecule is CC(C)(C)[Si](C)(C)OC1CC2CC(OS(C)(=O)=O)CC2C1. The second-order valence-corrected chi connectivity index (χ2v) is 14.7. The van der Waals surface area contributed by atoms with Crippen molar-refractivity contribution in [1.29, 1.82) is 0 Å². The Labute approximate surface area is 130 Å². The summed E-state index contributed by atoms with van der Waals surface area (Å²) in [7, 11) is -5.02. The summed E-state index contributed by atoms with van der Waals surface area (Å²) in [6.07, 6.45) is 5.28. The molecule has 0 bridgehead atoms. The van der Waals surface area contributed by atoms with Crippen molar-refractivity contribution in [2.24, 2.45) is 11.8 Å². The van der Waals surface area contributed by atoms with Gasteiger partial charge in [-0.15, -0.1) is 0 Å². The Morgan fingerprint density at radius 3 is 1.76 bits per heavy atom. The largest absolute Gasteiger partial charge is 0.414 e. The highest BCUT2D eigenvalue weighted by atomic mass is 32.2. The molecule has 0 amide bonds. The predicted molar refractivity (Wildman–Crippen MR) is 87.2 cm³/mol. The van der Waals surface area contributed by atoms with Crippen LogP contribution in [0.25, 0.3) is 0 Å². The number of hydrogen-bond acceptors (Lipinski definition) is 4. The first-order valence-electron chi connectivity index (χ1n) is 7.93. The second kappa shape index (κ2) is 5.62. The molecule has 0 aromatic rings. The van der Waals surface area contributed by atoms with Gasteiger partial charge < -0.3 is 4.43 Å². The Morgan fingerprint density at radius 1 is 0.952 bits per heavy atom. The molecule has 2 saturated carbocycles. The maximum Gasteiger partial charge on any atom is 0.264 e. The molecule has 0 heterocycles. The van der Waals surface area contributed by atoms with Gasteiger partial charge in [0.05, 0.1) is 12.4 Å². The summed E-state index contributed by atoms with van der Waals surface area (Å²) in [6, 6.07) is 0. The van der Waals surface area contributed by atoms with E-state index in [1.54, 1.807) is 0 Å². The third kappa shape index (κ3) is 4.30. The van der Waals surface area contributed by atoms with E-state index in [1.165, 1.54) is 0 Å². The molecule has 6 heteroatoms. The smallest absolute Gasteiger partial charge is 0.264 e. The van der Waals surface area contributed by atoms with E-state index < -0.39 is 18.4 Å². The minimum absolute atomic E-state index is 0.108. The minimum Gasteiger partial charge on any atom is -0.414 e. The molecule has 0 spiro atoms. The van der Waals surface area contributed by atoms with Crippen LogP contribution in [-0.2, 0) is 18.7 Å². The molecule has 2 atom stereocenters. The first-order valence-corrected chi connectivity index (χ1v) is 12.7. The van der Waals surface area contributed by atoms with Gasteiger partial charge in [0, 0.05) is 6.10 Å². The van der Waals surface area contributed by atoms with Crippen LogP contribution in [0.5, 0.6) is 0 Å². The van der Waals surface area contributed by atoms with Crippen LogP contribution in [0.4, 0.5) is 0 Å². The third-order valence-corrected chi connectivity index (χ3v) is 10.7. The molecule has 2 aliphatic carbocycles. The van der Waals surface area contributed by atoms with Crippen LogP contribution in [0.2, 0.25) is 18.1 Å². The average molecular weight is 335 g/mol. The van der Waals surface area contributed by atoms with Gasteiger partial charge in [-0.1, -0.05) is 20.8 Å². The molecule has 2 unspecified atom stereocenters. The van der Waals surface area contributed by atoms with Crippen molar-refractivity contribution >= 4 is 18.4 Å². The van der Waals surface area contributed by atoms with Crippen LogP contribution in [0.15, 0.2) is 0 Å². The van der Waals surface area contributed by atoms with Gasteiger partial charge >= 0.3 is 0 Å². The average Bonchev–Trinajstić information content (AvgIpc) is 2.68. The Kier molecular flexibility index (Phi) is 4.67. The topological polar surface area (TPSA) is 52.6 Å². The highest BCUT2D eigenvalue weighted by molar-refractivity contribution is 7.86. The summed E-state index contributed by atoms with van der Waals surface area (Å²) in [5.41, 5.74) is 0. The fourth-order valence-electron chi connectivity index (χ4n) is 3.52. The predicted octanol–water partition coefficient (Wildman–Crippen LogP) is 3.54. The molecule has 21 heavy (non-hydrogen) atoms. The Bertz CT molecular complexity index is 466. The highest BCUT2D eigenvalue weighted by Crippen LogP contribution is 2.48. The van der Waals surface area contributed by atoms with Crippen LogP contribution in [0.3, 0.4) is 0 Å². The summed E-state index contributed by atoms with van der Waals surface area (Å²) in [6.45, 7) is 11.4. The molecule has 2 rings (SSSR count). The summed E-state index contributed by atoms with van der Waals surface area (Å²) >= 11 is 0. The van der Waals surface area contributed by atoms with Gasteiger partial charge in [-0.05, 0) is 55.7 Å². The number of hydrogen-bond donors (Lipinski definition) is 0. The van der Waals surface area contributed by atoms with Crippen molar-refractivity contribution < 1.29 is 17.0 Å². The fourth-order valence-corrected chi connectivity index (χ4v) is 5.55. The van der Waals surface area contributed by atoms with E-state index in [2.05, 4.69) is 33.9 Å². The molecule has 0 aromatic carbocycles. The standard InChI is InChI=1S/C15H30O4SSi/c1-15(2,3)21(5,6)19-14-9-11-7-13(8-12(11)10-14)18-20(4,16)17/h11-14H,7-10H2,1-6H3. The Balaban J connectivity index is 1.88. The van der Waals surface area contributed by atoms with Gasteiger partial charge in [0.15, 0.2) is 8.32 Å². The first-order chi connectivity index (χ1) is 9.37. The van der Waals surface area contributed by atoms with Crippen molar-refractivity contribution in [3.8, 4) is 0 Å². The van der Waals surface area contributed by atoms with Crippen molar-refractivity contribution in [1.82, 2.24) is 0 Å². The van der Waals surface area contributed by atoms with Crippen molar-refractivity contribution in [2.45, 2.75) is 76.8 Å². The van der Waals surface area contributed by atoms with Gasteiger partial charge in [-0.3, -0.25) is 4.18 Å². The third-order valence-electron chi connectivity index (χ3n) is 5.51. The molecule has 0 aromatic heterocycles. The molecule has 0 saturated heterocycles. The number of rotatable bonds is 4. The van der Waals surface area contributed by atoms with Crippen LogP contribution in [-0.4, -0.2) is 35.2 Å².